The van der Waals surface area contributed by atoms with Crippen molar-refractivity contribution in [1.82, 2.24) is 9.97 Å². The number of para-hydroxylation sites is 2. The quantitative estimate of drug-likeness (QED) is 0.649. The third kappa shape index (κ3) is 1.03. The van der Waals surface area contributed by atoms with E-state index in [0.717, 1.165) is 11.0 Å². The number of imidazole rings is 1. The molecule has 1 aromatic heterocycles. The highest BCUT2D eigenvalue weighted by Gasteiger charge is 1.98. The second-order valence-corrected chi connectivity index (χ2v) is 2.78. The Labute approximate surface area is 64.7 Å². The number of rotatable bonds is 1. The molecule has 0 aliphatic rings. The van der Waals surface area contributed by atoms with Gasteiger partial charge in [-0.15, -0.1) is 0 Å². The second kappa shape index (κ2) is 2.44. The number of hydrogen-bond donors (Lipinski definition) is 1. The molecule has 3 nitrogen and oxygen atoms in total. The van der Waals surface area contributed by atoms with Gasteiger partial charge in [0.25, 0.3) is 0 Å². The molecule has 2 aromatic rings. The van der Waals surface area contributed by atoms with Crippen molar-refractivity contribution < 1.29 is 4.57 Å². The Morgan fingerprint density at radius 2 is 2.18 bits per heavy atom. The van der Waals surface area contributed by atoms with Gasteiger partial charge in [-0.1, -0.05) is 12.1 Å². The summed E-state index contributed by atoms with van der Waals surface area (Å²) < 4.78 is 10.4. The van der Waals surface area contributed by atoms with E-state index in [0.29, 0.717) is 5.57 Å². The molecule has 11 heavy (non-hydrogen) atoms. The molecule has 0 saturated heterocycles. The van der Waals surface area contributed by atoms with Gasteiger partial charge < -0.3 is 4.98 Å². The van der Waals surface area contributed by atoms with Gasteiger partial charge in [-0.2, -0.15) is 0 Å². The van der Waals surface area contributed by atoms with Crippen LogP contribution in [0.1, 0.15) is 0 Å². The first kappa shape index (κ1) is 6.50. The van der Waals surface area contributed by atoms with Crippen LogP contribution in [0.25, 0.3) is 11.0 Å². The molecule has 0 fully saturated rings. The average Bonchev–Trinajstić information content (AvgIpc) is 2.46. The lowest BCUT2D eigenvalue weighted by atomic mass is 10.3. The van der Waals surface area contributed by atoms with Crippen LogP contribution in [0.3, 0.4) is 0 Å². The van der Waals surface area contributed by atoms with E-state index in [9.17, 15) is 4.57 Å². The summed E-state index contributed by atoms with van der Waals surface area (Å²) in [6.07, 6.45) is 0. The third-order valence-corrected chi connectivity index (χ3v) is 1.85. The van der Waals surface area contributed by atoms with Crippen molar-refractivity contribution in [2.75, 3.05) is 0 Å². The Hall–Kier alpha value is -1.21. The minimum absolute atomic E-state index is 0.0627. The van der Waals surface area contributed by atoms with Gasteiger partial charge in [0.2, 0.25) is 14.0 Å². The molecule has 0 amide bonds. The van der Waals surface area contributed by atoms with Crippen molar-refractivity contribution in [3.05, 3.63) is 24.3 Å². The van der Waals surface area contributed by atoms with Gasteiger partial charge >= 0.3 is 0 Å². The van der Waals surface area contributed by atoms with E-state index >= 15 is 0 Å². The van der Waals surface area contributed by atoms with Gasteiger partial charge in [0.05, 0.1) is 11.0 Å². The van der Waals surface area contributed by atoms with Crippen LogP contribution in [0.2, 0.25) is 0 Å². The third-order valence-electron chi connectivity index (χ3n) is 1.46. The smallest absolute Gasteiger partial charge is 0.231 e. The Morgan fingerprint density at radius 1 is 1.36 bits per heavy atom. The topological polar surface area (TPSA) is 45.8 Å². The molecule has 1 N–H and O–H groups in total. The SMILES string of the molecule is O=Pc1nc2ccccc2[nH]1. The molecule has 0 bridgehead atoms. The fourth-order valence-electron chi connectivity index (χ4n) is 0.983. The van der Waals surface area contributed by atoms with Crippen LogP contribution in [0.15, 0.2) is 24.3 Å². The number of hydrogen-bond acceptors (Lipinski definition) is 2. The molecule has 1 heterocycles. The van der Waals surface area contributed by atoms with Crippen LogP contribution in [-0.4, -0.2) is 9.97 Å². The van der Waals surface area contributed by atoms with Crippen LogP contribution in [0, 0.1) is 0 Å². The highest BCUT2D eigenvalue weighted by Crippen LogP contribution is 2.07. The summed E-state index contributed by atoms with van der Waals surface area (Å²) >= 11 is 0. The van der Waals surface area contributed by atoms with E-state index in [1.54, 1.807) is 0 Å². The lowest BCUT2D eigenvalue weighted by Crippen LogP contribution is -1.93. The van der Waals surface area contributed by atoms with E-state index in [1.165, 1.54) is 0 Å². The minimum atomic E-state index is -0.0627. The molecular weight excluding hydrogens is 159 g/mol. The summed E-state index contributed by atoms with van der Waals surface area (Å²) in [4.78, 5) is 6.96. The summed E-state index contributed by atoms with van der Waals surface area (Å²) in [5, 5.41) is 0. The van der Waals surface area contributed by atoms with Gasteiger partial charge in [0.15, 0.2) is 0 Å². The molecule has 0 aliphatic carbocycles. The lowest BCUT2D eigenvalue weighted by molar-refractivity contribution is 0.602. The van der Waals surface area contributed by atoms with Gasteiger partial charge in [-0.25, -0.2) is 4.98 Å². The zero-order valence-corrected chi connectivity index (χ0v) is 6.51. The van der Waals surface area contributed by atoms with Gasteiger partial charge in [-0.05, 0) is 12.1 Å². The standard InChI is InChI=1S/C7H5N2OP/c10-11-7-8-5-3-1-2-4-6(5)9-7/h1-4H,(H,8,9). The number of nitrogens with zero attached hydrogens (tertiary/aromatic N) is 1. The largest absolute Gasteiger partial charge is 0.332 e. The van der Waals surface area contributed by atoms with E-state index in [2.05, 4.69) is 9.97 Å². The number of benzene rings is 1. The highest BCUT2D eigenvalue weighted by atomic mass is 31.1. The number of aromatic nitrogens is 2. The monoisotopic (exact) mass is 164 g/mol. The molecule has 0 unspecified atom stereocenters. The van der Waals surface area contributed by atoms with E-state index in [-0.39, 0.29) is 8.46 Å². The summed E-state index contributed by atoms with van der Waals surface area (Å²) in [6, 6.07) is 7.58. The predicted octanol–water partition coefficient (Wildman–Crippen LogP) is 1.48. The van der Waals surface area contributed by atoms with Crippen LogP contribution in [-0.2, 0) is 4.57 Å². The second-order valence-electron chi connectivity index (χ2n) is 2.17. The van der Waals surface area contributed by atoms with E-state index in [4.69, 9.17) is 0 Å². The fraction of sp³-hybridized carbons (Fsp3) is 0. The van der Waals surface area contributed by atoms with E-state index < -0.39 is 0 Å². The Morgan fingerprint density at radius 3 is 2.91 bits per heavy atom. The number of nitrogens with one attached hydrogen (secondary N) is 1. The van der Waals surface area contributed by atoms with Crippen LogP contribution < -0.4 is 5.57 Å². The molecular formula is C7H5N2OP. The number of fused-ring (bicyclic) bond motifs is 1. The maximum Gasteiger partial charge on any atom is 0.231 e. The van der Waals surface area contributed by atoms with Crippen LogP contribution in [0.4, 0.5) is 0 Å². The van der Waals surface area contributed by atoms with Crippen molar-refractivity contribution in [3.63, 3.8) is 0 Å². The van der Waals surface area contributed by atoms with Crippen molar-refractivity contribution in [1.29, 1.82) is 0 Å². The first-order valence-corrected chi connectivity index (χ1v) is 3.99. The predicted molar refractivity (Wildman–Crippen MR) is 43.3 cm³/mol. The maximum absolute atomic E-state index is 10.4. The van der Waals surface area contributed by atoms with Gasteiger partial charge in [0, 0.05) is 0 Å². The molecule has 0 saturated carbocycles. The summed E-state index contributed by atoms with van der Waals surface area (Å²) in [5.41, 5.74) is 2.25. The van der Waals surface area contributed by atoms with Crippen molar-refractivity contribution >= 4 is 25.1 Å². The molecule has 54 valence electrons. The number of H-pyrrole nitrogens is 1. The molecule has 4 heteroatoms. The zero-order chi connectivity index (χ0) is 7.68. The Bertz CT molecular complexity index is 363. The lowest BCUT2D eigenvalue weighted by Gasteiger charge is -1.81. The van der Waals surface area contributed by atoms with Crippen LogP contribution >= 0.6 is 8.46 Å². The molecule has 2 rings (SSSR count). The van der Waals surface area contributed by atoms with Gasteiger partial charge in [0.1, 0.15) is 0 Å². The average molecular weight is 164 g/mol. The molecule has 0 radical (unpaired) electrons. The van der Waals surface area contributed by atoms with E-state index in [1.807, 2.05) is 24.3 Å². The first-order chi connectivity index (χ1) is 5.40. The highest BCUT2D eigenvalue weighted by molar-refractivity contribution is 7.33. The molecule has 0 spiro atoms. The molecule has 0 aliphatic heterocycles. The summed E-state index contributed by atoms with van der Waals surface area (Å²) in [6.45, 7) is 0. The van der Waals surface area contributed by atoms with Crippen molar-refractivity contribution in [2.24, 2.45) is 0 Å². The summed E-state index contributed by atoms with van der Waals surface area (Å²) in [5.74, 6) is 0. The Balaban J connectivity index is 2.78. The maximum atomic E-state index is 10.4. The first-order valence-electron chi connectivity index (χ1n) is 3.18. The minimum Gasteiger partial charge on any atom is -0.332 e. The Kier molecular flexibility index (Phi) is 1.44. The van der Waals surface area contributed by atoms with Crippen molar-refractivity contribution in [2.45, 2.75) is 0 Å². The van der Waals surface area contributed by atoms with Crippen molar-refractivity contribution in [3.8, 4) is 0 Å². The zero-order valence-electron chi connectivity index (χ0n) is 5.61. The number of aromatic amines is 1. The molecule has 0 atom stereocenters. The normalized spacial score (nSPS) is 10.9. The summed E-state index contributed by atoms with van der Waals surface area (Å²) in [7, 11) is -0.0627. The van der Waals surface area contributed by atoms with Crippen LogP contribution in [0.5, 0.6) is 0 Å². The van der Waals surface area contributed by atoms with Gasteiger partial charge in [-0.3, -0.25) is 4.57 Å². The fourth-order valence-corrected chi connectivity index (χ4v) is 1.30. The molecule has 1 aromatic carbocycles.